The number of ether oxygens (including phenoxy) is 2. The molecule has 0 amide bonds. The van der Waals surface area contributed by atoms with Crippen LogP contribution in [-0.4, -0.2) is 26.4 Å². The molecule has 1 aromatic carbocycles. The number of benzene rings is 1. The lowest BCUT2D eigenvalue weighted by Crippen LogP contribution is -2.16. The minimum absolute atomic E-state index is 0.611. The topological polar surface area (TPSA) is 30.5 Å². The number of hydrogen-bond donors (Lipinski definition) is 1. The van der Waals surface area contributed by atoms with Gasteiger partial charge in [-0.25, -0.2) is 0 Å². The third kappa shape index (κ3) is 5.07. The molecule has 1 N–H and O–H groups in total. The quantitative estimate of drug-likeness (QED) is 0.685. The molecule has 0 spiro atoms. The zero-order valence-electron chi connectivity index (χ0n) is 11.8. The first kappa shape index (κ1) is 15.0. The van der Waals surface area contributed by atoms with Crippen LogP contribution in [-0.2, 0) is 11.3 Å². The lowest BCUT2D eigenvalue weighted by atomic mass is 10.1. The van der Waals surface area contributed by atoms with Crippen LogP contribution in [0.1, 0.15) is 31.4 Å². The zero-order chi connectivity index (χ0) is 13.2. The smallest absolute Gasteiger partial charge is 0.126 e. The summed E-state index contributed by atoms with van der Waals surface area (Å²) in [5.74, 6) is 1.00. The Kier molecular flexibility index (Phi) is 7.46. The first-order chi connectivity index (χ1) is 8.79. The molecule has 0 aliphatic rings. The molecular formula is C15H25NO2. The van der Waals surface area contributed by atoms with Gasteiger partial charge in [0, 0.05) is 18.7 Å². The Hall–Kier alpha value is -1.06. The van der Waals surface area contributed by atoms with E-state index in [1.807, 2.05) is 6.92 Å². The molecule has 0 heterocycles. The van der Waals surface area contributed by atoms with E-state index in [0.29, 0.717) is 13.2 Å². The van der Waals surface area contributed by atoms with E-state index in [2.05, 4.69) is 37.4 Å². The van der Waals surface area contributed by atoms with Crippen LogP contribution in [0.3, 0.4) is 0 Å². The van der Waals surface area contributed by atoms with Crippen LogP contribution in [0.4, 0.5) is 0 Å². The zero-order valence-corrected chi connectivity index (χ0v) is 11.8. The summed E-state index contributed by atoms with van der Waals surface area (Å²) in [6.45, 7) is 10.1. The van der Waals surface area contributed by atoms with Gasteiger partial charge in [0.05, 0.1) is 6.61 Å². The second kappa shape index (κ2) is 8.95. The van der Waals surface area contributed by atoms with Gasteiger partial charge >= 0.3 is 0 Å². The Morgan fingerprint density at radius 2 is 2.00 bits per heavy atom. The minimum atomic E-state index is 0.611. The molecule has 0 bridgehead atoms. The Balaban J connectivity index is 2.56. The van der Waals surface area contributed by atoms with Gasteiger partial charge in [0.25, 0.3) is 0 Å². The summed E-state index contributed by atoms with van der Waals surface area (Å²) in [6, 6.07) is 6.28. The van der Waals surface area contributed by atoms with Gasteiger partial charge in [-0.1, -0.05) is 25.1 Å². The molecular weight excluding hydrogens is 226 g/mol. The van der Waals surface area contributed by atoms with E-state index in [1.165, 1.54) is 11.1 Å². The Labute approximate surface area is 110 Å². The van der Waals surface area contributed by atoms with Crippen molar-refractivity contribution in [1.82, 2.24) is 5.32 Å². The van der Waals surface area contributed by atoms with Gasteiger partial charge in [-0.15, -0.1) is 0 Å². The van der Waals surface area contributed by atoms with E-state index in [9.17, 15) is 0 Å². The summed E-state index contributed by atoms with van der Waals surface area (Å²) in [4.78, 5) is 0. The van der Waals surface area contributed by atoms with Crippen LogP contribution in [0.5, 0.6) is 5.75 Å². The van der Waals surface area contributed by atoms with Crippen molar-refractivity contribution >= 4 is 0 Å². The van der Waals surface area contributed by atoms with Crippen molar-refractivity contribution in [3.63, 3.8) is 0 Å². The average Bonchev–Trinajstić information content (AvgIpc) is 2.37. The second-order valence-corrected chi connectivity index (χ2v) is 4.29. The summed E-state index contributed by atoms with van der Waals surface area (Å²) in [6.07, 6.45) is 1.15. The normalized spacial score (nSPS) is 10.6. The Morgan fingerprint density at radius 1 is 1.17 bits per heavy atom. The summed E-state index contributed by atoms with van der Waals surface area (Å²) in [5.41, 5.74) is 2.40. The molecule has 0 unspecified atom stereocenters. The first-order valence-corrected chi connectivity index (χ1v) is 6.79. The molecule has 3 heteroatoms. The highest BCUT2D eigenvalue weighted by Crippen LogP contribution is 2.23. The molecule has 18 heavy (non-hydrogen) atoms. The molecule has 0 saturated carbocycles. The molecule has 0 aliphatic heterocycles. The predicted molar refractivity (Wildman–Crippen MR) is 75.2 cm³/mol. The molecule has 1 aromatic rings. The maximum Gasteiger partial charge on any atom is 0.126 e. The summed E-state index contributed by atoms with van der Waals surface area (Å²) in [5, 5.41) is 3.41. The van der Waals surface area contributed by atoms with Crippen molar-refractivity contribution in [2.24, 2.45) is 0 Å². The monoisotopic (exact) mass is 251 g/mol. The molecule has 0 atom stereocenters. The van der Waals surface area contributed by atoms with Gasteiger partial charge in [0.15, 0.2) is 0 Å². The van der Waals surface area contributed by atoms with Gasteiger partial charge in [-0.3, -0.25) is 0 Å². The van der Waals surface area contributed by atoms with E-state index in [0.717, 1.165) is 31.9 Å². The fraction of sp³-hybridized carbons (Fsp3) is 0.600. The Morgan fingerprint density at radius 3 is 2.72 bits per heavy atom. The summed E-state index contributed by atoms with van der Waals surface area (Å²) in [7, 11) is 0. The number of rotatable bonds is 9. The lowest BCUT2D eigenvalue weighted by molar-refractivity contribution is 0.109. The minimum Gasteiger partial charge on any atom is -0.491 e. The molecule has 0 fully saturated rings. The highest BCUT2D eigenvalue weighted by Gasteiger charge is 2.06. The first-order valence-electron chi connectivity index (χ1n) is 6.79. The molecule has 0 radical (unpaired) electrons. The van der Waals surface area contributed by atoms with Crippen molar-refractivity contribution in [3.8, 4) is 5.75 Å². The number of nitrogens with one attached hydrogen (secondary N) is 1. The standard InChI is InChI=1S/C15H25NO2/c1-4-9-16-12-14-8-6-7-13(3)15(14)18-11-10-17-5-2/h6-8,16H,4-5,9-12H2,1-3H3. The van der Waals surface area contributed by atoms with E-state index >= 15 is 0 Å². The third-order valence-electron chi connectivity index (χ3n) is 2.71. The average molecular weight is 251 g/mol. The van der Waals surface area contributed by atoms with Crippen molar-refractivity contribution < 1.29 is 9.47 Å². The van der Waals surface area contributed by atoms with Crippen molar-refractivity contribution in [2.45, 2.75) is 33.7 Å². The number of para-hydroxylation sites is 1. The van der Waals surface area contributed by atoms with Crippen molar-refractivity contribution in [2.75, 3.05) is 26.4 Å². The second-order valence-electron chi connectivity index (χ2n) is 4.29. The lowest BCUT2D eigenvalue weighted by Gasteiger charge is -2.14. The SMILES string of the molecule is CCCNCc1cccc(C)c1OCCOCC. The van der Waals surface area contributed by atoms with Crippen LogP contribution in [0.2, 0.25) is 0 Å². The Bertz CT molecular complexity index is 339. The highest BCUT2D eigenvalue weighted by atomic mass is 16.5. The molecule has 0 saturated heterocycles. The largest absolute Gasteiger partial charge is 0.491 e. The molecule has 0 aromatic heterocycles. The van der Waals surface area contributed by atoms with E-state index < -0.39 is 0 Å². The fourth-order valence-corrected chi connectivity index (χ4v) is 1.81. The predicted octanol–water partition coefficient (Wildman–Crippen LogP) is 2.91. The van der Waals surface area contributed by atoms with Gasteiger partial charge in [0.2, 0.25) is 0 Å². The van der Waals surface area contributed by atoms with Crippen molar-refractivity contribution in [1.29, 1.82) is 0 Å². The maximum absolute atomic E-state index is 5.84. The number of hydrogen-bond acceptors (Lipinski definition) is 3. The van der Waals surface area contributed by atoms with Gasteiger partial charge in [-0.05, 0) is 32.4 Å². The fourth-order valence-electron chi connectivity index (χ4n) is 1.81. The van der Waals surface area contributed by atoms with E-state index in [1.54, 1.807) is 0 Å². The molecule has 0 aliphatic carbocycles. The summed E-state index contributed by atoms with van der Waals surface area (Å²) >= 11 is 0. The summed E-state index contributed by atoms with van der Waals surface area (Å²) < 4.78 is 11.1. The number of aryl methyl sites for hydroxylation is 1. The van der Waals surface area contributed by atoms with Gasteiger partial charge in [-0.2, -0.15) is 0 Å². The maximum atomic E-state index is 5.84. The van der Waals surface area contributed by atoms with Gasteiger partial charge in [0.1, 0.15) is 12.4 Å². The van der Waals surface area contributed by atoms with Crippen molar-refractivity contribution in [3.05, 3.63) is 29.3 Å². The van der Waals surface area contributed by atoms with Gasteiger partial charge < -0.3 is 14.8 Å². The van der Waals surface area contributed by atoms with Crippen LogP contribution in [0.25, 0.3) is 0 Å². The highest BCUT2D eigenvalue weighted by molar-refractivity contribution is 5.40. The molecule has 3 nitrogen and oxygen atoms in total. The van der Waals surface area contributed by atoms with Crippen LogP contribution >= 0.6 is 0 Å². The van der Waals surface area contributed by atoms with Crippen LogP contribution < -0.4 is 10.1 Å². The molecule has 102 valence electrons. The van der Waals surface area contributed by atoms with Crippen LogP contribution in [0.15, 0.2) is 18.2 Å². The van der Waals surface area contributed by atoms with Crippen LogP contribution in [0, 0.1) is 6.92 Å². The van der Waals surface area contributed by atoms with E-state index in [4.69, 9.17) is 9.47 Å². The van der Waals surface area contributed by atoms with E-state index in [-0.39, 0.29) is 0 Å². The third-order valence-corrected chi connectivity index (χ3v) is 2.71. The molecule has 1 rings (SSSR count).